The van der Waals surface area contributed by atoms with Gasteiger partial charge in [0.1, 0.15) is 6.04 Å². The average Bonchev–Trinajstić information content (AvgIpc) is 3.18. The molecule has 1 saturated heterocycles. The Morgan fingerprint density at radius 3 is 2.08 bits per heavy atom. The lowest BCUT2D eigenvalue weighted by molar-refractivity contribution is -0.253. The zero-order valence-corrected chi connectivity index (χ0v) is 31.1. The number of amides is 1. The lowest BCUT2D eigenvalue weighted by atomic mass is 9.99. The van der Waals surface area contributed by atoms with Crippen molar-refractivity contribution in [1.29, 1.82) is 0 Å². The molecule has 0 radical (unpaired) electrons. The van der Waals surface area contributed by atoms with E-state index < -0.39 is 28.3 Å². The molecule has 0 aliphatic carbocycles. The Hall–Kier alpha value is -4.68. The third-order valence-corrected chi connectivity index (χ3v) is 11.2. The molecule has 53 heavy (non-hydrogen) atoms. The van der Waals surface area contributed by atoms with E-state index in [1.807, 2.05) is 91.9 Å². The number of carbonyl (C=O) groups excluding carboxylic acids is 1. The summed E-state index contributed by atoms with van der Waals surface area (Å²) in [5.74, 6) is -0.482. The van der Waals surface area contributed by atoms with E-state index in [4.69, 9.17) is 9.47 Å². The third-order valence-electron chi connectivity index (χ3n) is 9.73. The first-order valence-corrected chi connectivity index (χ1v) is 19.4. The highest BCUT2D eigenvalue weighted by Gasteiger charge is 2.34. The SMILES string of the molecule is Cc1ccc(S(=O)(=O)N[C@H](Cc2ccccc2)C(=O)Nc2ccc([C@@H]3O[C@H](CN(C)[C@@H](C)c4ccccc4)C[C@H](c4ccc(CO)cc4)O3)cc2)cc1. The van der Waals surface area contributed by atoms with Crippen LogP contribution in [-0.2, 0) is 37.3 Å². The second kappa shape index (κ2) is 17.4. The van der Waals surface area contributed by atoms with Crippen molar-refractivity contribution in [2.24, 2.45) is 0 Å². The van der Waals surface area contributed by atoms with E-state index in [-0.39, 0.29) is 36.2 Å². The van der Waals surface area contributed by atoms with E-state index >= 15 is 0 Å². The number of carbonyl (C=O) groups is 1. The van der Waals surface area contributed by atoms with Crippen LogP contribution in [0.2, 0.25) is 0 Å². The van der Waals surface area contributed by atoms with Crippen molar-refractivity contribution in [3.05, 3.63) is 167 Å². The number of aryl methyl sites for hydroxylation is 1. The number of nitrogens with one attached hydrogen (secondary N) is 2. The Morgan fingerprint density at radius 1 is 0.811 bits per heavy atom. The van der Waals surface area contributed by atoms with Crippen molar-refractivity contribution >= 4 is 21.6 Å². The molecule has 1 amide bonds. The van der Waals surface area contributed by atoms with Crippen molar-refractivity contribution in [3.63, 3.8) is 0 Å². The summed E-state index contributed by atoms with van der Waals surface area (Å²) in [7, 11) is -1.89. The first-order valence-electron chi connectivity index (χ1n) is 17.9. The van der Waals surface area contributed by atoms with Gasteiger partial charge in [-0.3, -0.25) is 9.69 Å². The van der Waals surface area contributed by atoms with Gasteiger partial charge in [0.25, 0.3) is 0 Å². The summed E-state index contributed by atoms with van der Waals surface area (Å²) in [6.07, 6.45) is -0.248. The number of hydrogen-bond donors (Lipinski definition) is 3. The van der Waals surface area contributed by atoms with Crippen molar-refractivity contribution in [1.82, 2.24) is 9.62 Å². The minimum Gasteiger partial charge on any atom is -0.392 e. The van der Waals surface area contributed by atoms with Crippen LogP contribution in [0.15, 0.2) is 138 Å². The molecule has 1 heterocycles. The topological polar surface area (TPSA) is 117 Å². The van der Waals surface area contributed by atoms with Crippen LogP contribution < -0.4 is 10.0 Å². The monoisotopic (exact) mass is 733 g/mol. The number of aliphatic hydroxyl groups excluding tert-OH is 1. The lowest BCUT2D eigenvalue weighted by Crippen LogP contribution is -2.45. The quantitative estimate of drug-likeness (QED) is 0.110. The molecule has 6 rings (SSSR count). The van der Waals surface area contributed by atoms with E-state index in [0.717, 1.165) is 27.8 Å². The summed E-state index contributed by atoms with van der Waals surface area (Å²) in [4.78, 5) is 16.1. The number of nitrogens with zero attached hydrogens (tertiary/aromatic N) is 1. The maximum atomic E-state index is 13.7. The minimum absolute atomic E-state index is 0.0309. The van der Waals surface area contributed by atoms with E-state index in [2.05, 4.69) is 41.0 Å². The van der Waals surface area contributed by atoms with Gasteiger partial charge in [-0.15, -0.1) is 0 Å². The summed E-state index contributed by atoms with van der Waals surface area (Å²) in [5, 5.41) is 12.5. The molecule has 5 aromatic rings. The first-order chi connectivity index (χ1) is 25.6. The van der Waals surface area contributed by atoms with Crippen molar-refractivity contribution in [2.75, 3.05) is 18.9 Å². The predicted molar refractivity (Wildman–Crippen MR) is 206 cm³/mol. The molecular formula is C43H47N3O6S. The Kier molecular flexibility index (Phi) is 12.5. The van der Waals surface area contributed by atoms with Crippen LogP contribution in [-0.4, -0.2) is 50.1 Å². The van der Waals surface area contributed by atoms with Crippen LogP contribution in [0.5, 0.6) is 0 Å². The molecule has 5 atom stereocenters. The second-order valence-corrected chi connectivity index (χ2v) is 15.4. The Balaban J connectivity index is 1.18. The number of hydrogen-bond acceptors (Lipinski definition) is 7. The van der Waals surface area contributed by atoms with Gasteiger partial charge in [0, 0.05) is 30.3 Å². The third kappa shape index (κ3) is 10.1. The average molecular weight is 734 g/mol. The molecule has 9 nitrogen and oxygen atoms in total. The fourth-order valence-corrected chi connectivity index (χ4v) is 7.66. The molecule has 276 valence electrons. The van der Waals surface area contributed by atoms with Gasteiger partial charge in [-0.1, -0.05) is 115 Å². The van der Waals surface area contributed by atoms with Crippen molar-refractivity contribution in [3.8, 4) is 0 Å². The lowest BCUT2D eigenvalue weighted by Gasteiger charge is -2.39. The number of benzene rings is 5. The van der Waals surface area contributed by atoms with Crippen LogP contribution in [0, 0.1) is 6.92 Å². The molecular weight excluding hydrogens is 687 g/mol. The van der Waals surface area contributed by atoms with Gasteiger partial charge in [0.05, 0.1) is 23.7 Å². The van der Waals surface area contributed by atoms with Gasteiger partial charge in [0.2, 0.25) is 15.9 Å². The standard InChI is InChI=1S/C43H47N3O6S/c1-30-14-24-39(25-15-30)53(49,50)45-40(26-32-10-6-4-7-11-32)42(48)44-37-22-20-36(21-23-37)43-51-38(28-46(3)31(2)34-12-8-5-9-13-34)27-41(52-43)35-18-16-33(29-47)17-19-35/h4-25,31,38,40-41,43,45,47H,26-29H2,1-3H3,(H,44,48)/t31-,38-,40+,41+,43+/m0/s1. The molecule has 3 N–H and O–H groups in total. The van der Waals surface area contributed by atoms with Crippen LogP contribution in [0.3, 0.4) is 0 Å². The van der Waals surface area contributed by atoms with Crippen molar-refractivity contribution < 1.29 is 27.8 Å². The predicted octanol–water partition coefficient (Wildman–Crippen LogP) is 7.25. The van der Waals surface area contributed by atoms with Gasteiger partial charge in [0.15, 0.2) is 6.29 Å². The molecule has 0 saturated carbocycles. The molecule has 1 aliphatic rings. The highest BCUT2D eigenvalue weighted by atomic mass is 32.2. The fraction of sp³-hybridized carbons (Fsp3) is 0.279. The second-order valence-electron chi connectivity index (χ2n) is 13.7. The maximum Gasteiger partial charge on any atom is 0.242 e. The van der Waals surface area contributed by atoms with Crippen LogP contribution in [0.25, 0.3) is 0 Å². The summed E-state index contributed by atoms with van der Waals surface area (Å²) >= 11 is 0. The Morgan fingerprint density at radius 2 is 1.43 bits per heavy atom. The first kappa shape index (κ1) is 38.1. The van der Waals surface area contributed by atoms with Crippen LogP contribution in [0.4, 0.5) is 5.69 Å². The molecule has 0 unspecified atom stereocenters. The number of sulfonamides is 1. The zero-order chi connectivity index (χ0) is 37.4. The summed E-state index contributed by atoms with van der Waals surface area (Å²) in [6.45, 7) is 4.71. The minimum atomic E-state index is -3.98. The van der Waals surface area contributed by atoms with E-state index in [0.29, 0.717) is 18.7 Å². The number of likely N-dealkylation sites (N-methyl/N-ethyl adjacent to an activating group) is 1. The smallest absolute Gasteiger partial charge is 0.242 e. The van der Waals surface area contributed by atoms with Crippen LogP contribution in [0.1, 0.15) is 65.2 Å². The van der Waals surface area contributed by atoms with E-state index in [9.17, 15) is 18.3 Å². The molecule has 0 spiro atoms. The molecule has 1 fully saturated rings. The molecule has 5 aromatic carbocycles. The van der Waals surface area contributed by atoms with Gasteiger partial charge in [-0.05, 0) is 73.8 Å². The number of aliphatic hydroxyl groups is 1. The van der Waals surface area contributed by atoms with Gasteiger partial charge in [-0.25, -0.2) is 8.42 Å². The van der Waals surface area contributed by atoms with Crippen LogP contribution >= 0.6 is 0 Å². The summed E-state index contributed by atoms with van der Waals surface area (Å²) in [5.41, 5.74) is 6.09. The fourth-order valence-electron chi connectivity index (χ4n) is 6.46. The zero-order valence-electron chi connectivity index (χ0n) is 30.3. The number of rotatable bonds is 14. The van der Waals surface area contributed by atoms with Gasteiger partial charge in [-0.2, -0.15) is 4.72 Å². The van der Waals surface area contributed by atoms with Gasteiger partial charge < -0.3 is 19.9 Å². The molecule has 1 aliphatic heterocycles. The number of anilines is 1. The molecule has 10 heteroatoms. The largest absolute Gasteiger partial charge is 0.392 e. The maximum absolute atomic E-state index is 13.7. The normalized spacial score (nSPS) is 18.7. The van der Waals surface area contributed by atoms with Crippen molar-refractivity contribution in [2.45, 2.75) is 68.8 Å². The van der Waals surface area contributed by atoms with E-state index in [1.165, 1.54) is 17.7 Å². The molecule has 0 aromatic heterocycles. The highest BCUT2D eigenvalue weighted by Crippen LogP contribution is 2.39. The van der Waals surface area contributed by atoms with E-state index in [1.54, 1.807) is 24.3 Å². The Bertz CT molecular complexity index is 2030. The molecule has 0 bridgehead atoms. The summed E-state index contributed by atoms with van der Waals surface area (Å²) < 4.78 is 42.5. The number of ether oxygens (including phenoxy) is 2. The Labute approximate surface area is 312 Å². The van der Waals surface area contributed by atoms with Gasteiger partial charge >= 0.3 is 0 Å². The highest BCUT2D eigenvalue weighted by molar-refractivity contribution is 7.89. The summed E-state index contributed by atoms with van der Waals surface area (Å²) in [6, 6.07) is 40.3.